The highest BCUT2D eigenvalue weighted by Gasteiger charge is 2.13. The number of rotatable bonds is 4. The molecule has 0 amide bonds. The Balaban J connectivity index is 2.29. The average molecular weight is 278 g/mol. The van der Waals surface area contributed by atoms with E-state index in [4.69, 9.17) is 17.3 Å². The molecule has 0 spiro atoms. The molecular formula is C15H20ClN3. The summed E-state index contributed by atoms with van der Waals surface area (Å²) in [5, 5.41) is 5.38. The Labute approximate surface area is 119 Å². The Morgan fingerprint density at radius 2 is 2.00 bits per heavy atom. The summed E-state index contributed by atoms with van der Waals surface area (Å²) in [6, 6.07) is 8.02. The van der Waals surface area contributed by atoms with E-state index in [1.165, 1.54) is 11.3 Å². The van der Waals surface area contributed by atoms with Gasteiger partial charge in [-0.05, 0) is 44.4 Å². The quantitative estimate of drug-likeness (QED) is 0.933. The molecule has 3 nitrogen and oxygen atoms in total. The van der Waals surface area contributed by atoms with Gasteiger partial charge in [0.05, 0.1) is 12.2 Å². The molecule has 1 unspecified atom stereocenters. The van der Waals surface area contributed by atoms with E-state index in [1.807, 2.05) is 42.8 Å². The van der Waals surface area contributed by atoms with Crippen molar-refractivity contribution < 1.29 is 0 Å². The van der Waals surface area contributed by atoms with Gasteiger partial charge in [-0.1, -0.05) is 29.8 Å². The lowest BCUT2D eigenvalue weighted by molar-refractivity contribution is 0.656. The number of aryl methyl sites for hydroxylation is 1. The first kappa shape index (κ1) is 14.1. The summed E-state index contributed by atoms with van der Waals surface area (Å²) in [5.74, 6) is 0. The molecule has 0 aliphatic rings. The van der Waals surface area contributed by atoms with Crippen molar-refractivity contribution in [1.82, 2.24) is 9.78 Å². The maximum Gasteiger partial charge on any atom is 0.0677 e. The van der Waals surface area contributed by atoms with Crippen LogP contribution in [0.2, 0.25) is 5.02 Å². The van der Waals surface area contributed by atoms with Crippen LogP contribution in [0.4, 0.5) is 0 Å². The summed E-state index contributed by atoms with van der Waals surface area (Å²) >= 11 is 6.20. The maximum absolute atomic E-state index is 6.20. The molecule has 19 heavy (non-hydrogen) atoms. The molecule has 0 aliphatic carbocycles. The van der Waals surface area contributed by atoms with Crippen molar-refractivity contribution in [2.75, 3.05) is 0 Å². The minimum Gasteiger partial charge on any atom is -0.328 e. The minimum atomic E-state index is 0.148. The SMILES string of the molecule is Cc1nn(Cc2ccccc2Cl)c(C)c1CC(C)N. The molecule has 2 aromatic rings. The van der Waals surface area contributed by atoms with Crippen molar-refractivity contribution in [2.24, 2.45) is 5.73 Å². The van der Waals surface area contributed by atoms with E-state index in [9.17, 15) is 0 Å². The van der Waals surface area contributed by atoms with Crippen LogP contribution in [0.5, 0.6) is 0 Å². The highest BCUT2D eigenvalue weighted by Crippen LogP contribution is 2.20. The molecule has 0 saturated carbocycles. The lowest BCUT2D eigenvalue weighted by Crippen LogP contribution is -2.18. The normalized spacial score (nSPS) is 12.7. The summed E-state index contributed by atoms with van der Waals surface area (Å²) in [5.41, 5.74) is 10.5. The van der Waals surface area contributed by atoms with Crippen LogP contribution in [0.25, 0.3) is 0 Å². The second-order valence-corrected chi connectivity index (χ2v) is 5.49. The molecule has 0 saturated heterocycles. The Morgan fingerprint density at radius 1 is 1.32 bits per heavy atom. The topological polar surface area (TPSA) is 43.8 Å². The highest BCUT2D eigenvalue weighted by atomic mass is 35.5. The number of nitrogens with zero attached hydrogens (tertiary/aromatic N) is 2. The molecule has 1 aromatic carbocycles. The first-order valence-electron chi connectivity index (χ1n) is 6.51. The fourth-order valence-corrected chi connectivity index (χ4v) is 2.49. The van der Waals surface area contributed by atoms with Gasteiger partial charge in [0, 0.05) is 16.8 Å². The Hall–Kier alpha value is -1.32. The Morgan fingerprint density at radius 3 is 2.63 bits per heavy atom. The van der Waals surface area contributed by atoms with E-state index >= 15 is 0 Å². The predicted molar refractivity (Wildman–Crippen MR) is 79.6 cm³/mol. The van der Waals surface area contributed by atoms with Crippen LogP contribution in [0, 0.1) is 13.8 Å². The van der Waals surface area contributed by atoms with E-state index in [-0.39, 0.29) is 6.04 Å². The second kappa shape index (κ2) is 5.76. The van der Waals surface area contributed by atoms with E-state index < -0.39 is 0 Å². The largest absolute Gasteiger partial charge is 0.328 e. The summed E-state index contributed by atoms with van der Waals surface area (Å²) in [6.45, 7) is 6.85. The molecule has 0 aliphatic heterocycles. The zero-order valence-corrected chi connectivity index (χ0v) is 12.4. The van der Waals surface area contributed by atoms with Gasteiger partial charge in [-0.2, -0.15) is 5.10 Å². The number of benzene rings is 1. The van der Waals surface area contributed by atoms with E-state index in [1.54, 1.807) is 0 Å². The average Bonchev–Trinajstić information content (AvgIpc) is 2.60. The Kier molecular flexibility index (Phi) is 4.27. The molecule has 4 heteroatoms. The number of hydrogen-bond donors (Lipinski definition) is 1. The molecule has 2 rings (SSSR count). The van der Waals surface area contributed by atoms with Crippen molar-refractivity contribution in [1.29, 1.82) is 0 Å². The van der Waals surface area contributed by atoms with Crippen LogP contribution < -0.4 is 5.73 Å². The van der Waals surface area contributed by atoms with E-state index in [0.29, 0.717) is 6.54 Å². The van der Waals surface area contributed by atoms with Crippen molar-refractivity contribution in [2.45, 2.75) is 39.8 Å². The molecule has 1 heterocycles. The van der Waals surface area contributed by atoms with Crippen molar-refractivity contribution in [3.8, 4) is 0 Å². The lowest BCUT2D eigenvalue weighted by Gasteiger charge is -2.08. The van der Waals surface area contributed by atoms with Crippen LogP contribution in [0.15, 0.2) is 24.3 Å². The summed E-state index contributed by atoms with van der Waals surface area (Å²) in [6.07, 6.45) is 0.861. The number of hydrogen-bond acceptors (Lipinski definition) is 2. The fourth-order valence-electron chi connectivity index (χ4n) is 2.29. The van der Waals surface area contributed by atoms with Gasteiger partial charge in [0.25, 0.3) is 0 Å². The zero-order chi connectivity index (χ0) is 14.0. The maximum atomic E-state index is 6.20. The fraction of sp³-hybridized carbons (Fsp3) is 0.400. The van der Waals surface area contributed by atoms with Crippen LogP contribution >= 0.6 is 11.6 Å². The van der Waals surface area contributed by atoms with Crippen LogP contribution in [0.1, 0.15) is 29.4 Å². The van der Waals surface area contributed by atoms with Crippen molar-refractivity contribution in [3.63, 3.8) is 0 Å². The van der Waals surface area contributed by atoms with Crippen LogP contribution in [-0.4, -0.2) is 15.8 Å². The number of aromatic nitrogens is 2. The molecular weight excluding hydrogens is 258 g/mol. The zero-order valence-electron chi connectivity index (χ0n) is 11.7. The third kappa shape index (κ3) is 3.17. The number of nitrogens with two attached hydrogens (primary N) is 1. The third-order valence-electron chi connectivity index (χ3n) is 3.34. The monoisotopic (exact) mass is 277 g/mol. The van der Waals surface area contributed by atoms with E-state index in [0.717, 1.165) is 22.7 Å². The van der Waals surface area contributed by atoms with Gasteiger partial charge >= 0.3 is 0 Å². The van der Waals surface area contributed by atoms with Gasteiger partial charge in [0.15, 0.2) is 0 Å². The summed E-state index contributed by atoms with van der Waals surface area (Å²) < 4.78 is 2.01. The van der Waals surface area contributed by atoms with Gasteiger partial charge < -0.3 is 5.73 Å². The van der Waals surface area contributed by atoms with E-state index in [2.05, 4.69) is 12.0 Å². The van der Waals surface area contributed by atoms with Gasteiger partial charge in [-0.3, -0.25) is 4.68 Å². The minimum absolute atomic E-state index is 0.148. The summed E-state index contributed by atoms with van der Waals surface area (Å²) in [4.78, 5) is 0. The highest BCUT2D eigenvalue weighted by molar-refractivity contribution is 6.31. The molecule has 0 radical (unpaired) electrons. The lowest BCUT2D eigenvalue weighted by atomic mass is 10.1. The van der Waals surface area contributed by atoms with Gasteiger partial charge in [0.1, 0.15) is 0 Å². The van der Waals surface area contributed by atoms with Crippen LogP contribution in [0.3, 0.4) is 0 Å². The van der Waals surface area contributed by atoms with Gasteiger partial charge in [-0.15, -0.1) is 0 Å². The molecule has 0 fully saturated rings. The van der Waals surface area contributed by atoms with Crippen molar-refractivity contribution >= 4 is 11.6 Å². The first-order valence-corrected chi connectivity index (χ1v) is 6.88. The molecule has 102 valence electrons. The molecule has 1 atom stereocenters. The molecule has 0 bridgehead atoms. The Bertz CT molecular complexity index is 573. The first-order chi connectivity index (χ1) is 8.99. The smallest absolute Gasteiger partial charge is 0.0677 e. The van der Waals surface area contributed by atoms with Gasteiger partial charge in [-0.25, -0.2) is 0 Å². The summed E-state index contributed by atoms with van der Waals surface area (Å²) in [7, 11) is 0. The second-order valence-electron chi connectivity index (χ2n) is 5.08. The van der Waals surface area contributed by atoms with Crippen molar-refractivity contribution in [3.05, 3.63) is 51.8 Å². The number of halogens is 1. The predicted octanol–water partition coefficient (Wildman–Crippen LogP) is 3.09. The van der Waals surface area contributed by atoms with Gasteiger partial charge in [0.2, 0.25) is 0 Å². The van der Waals surface area contributed by atoms with Crippen LogP contribution in [-0.2, 0) is 13.0 Å². The molecule has 1 aromatic heterocycles. The molecule has 2 N–H and O–H groups in total. The standard InChI is InChI=1S/C15H20ClN3/c1-10(17)8-14-11(2)18-19(12(14)3)9-13-6-4-5-7-15(13)16/h4-7,10H,8-9,17H2,1-3H3. The third-order valence-corrected chi connectivity index (χ3v) is 3.70.